The molecule has 1 atom stereocenters. The van der Waals surface area contributed by atoms with Gasteiger partial charge in [0, 0.05) is 32.1 Å². The van der Waals surface area contributed by atoms with Gasteiger partial charge in [-0.05, 0) is 62.4 Å². The molecule has 0 saturated carbocycles. The van der Waals surface area contributed by atoms with E-state index in [0.717, 1.165) is 56.8 Å². The molecule has 2 fully saturated rings. The van der Waals surface area contributed by atoms with Crippen LogP contribution in [0, 0.1) is 5.41 Å². The van der Waals surface area contributed by atoms with E-state index in [0.29, 0.717) is 13.2 Å². The maximum absolute atomic E-state index is 11.8. The SMILES string of the molecule is CCOc1ccc(CN2CCC3(CC2)CC(O)CN(C(C)=O)C3)cc1CO. The van der Waals surface area contributed by atoms with Gasteiger partial charge in [-0.1, -0.05) is 6.07 Å². The number of aliphatic hydroxyl groups is 2. The first kappa shape index (κ1) is 20.1. The van der Waals surface area contributed by atoms with Crippen LogP contribution in [0.2, 0.25) is 0 Å². The standard InChI is InChI=1S/C21H32N2O4/c1-3-27-20-5-4-17(10-18(20)14-24)12-22-8-6-21(7-9-22)11-19(26)13-23(15-21)16(2)25/h4-5,10,19,24,26H,3,6-9,11-15H2,1-2H3. The molecule has 1 aromatic carbocycles. The molecule has 2 saturated heterocycles. The van der Waals surface area contributed by atoms with Crippen molar-refractivity contribution < 1.29 is 19.7 Å². The molecule has 1 amide bonds. The van der Waals surface area contributed by atoms with Gasteiger partial charge in [0.2, 0.25) is 5.91 Å². The number of piperidine rings is 2. The summed E-state index contributed by atoms with van der Waals surface area (Å²) >= 11 is 0. The predicted molar refractivity (Wildman–Crippen MR) is 103 cm³/mol. The van der Waals surface area contributed by atoms with Crippen molar-refractivity contribution in [1.82, 2.24) is 9.80 Å². The lowest BCUT2D eigenvalue weighted by molar-refractivity contribution is -0.138. The van der Waals surface area contributed by atoms with Crippen LogP contribution in [0.5, 0.6) is 5.75 Å². The highest BCUT2D eigenvalue weighted by Gasteiger charge is 2.42. The van der Waals surface area contributed by atoms with E-state index in [-0.39, 0.29) is 17.9 Å². The number of amides is 1. The first-order valence-electron chi connectivity index (χ1n) is 9.96. The Morgan fingerprint density at radius 2 is 2.07 bits per heavy atom. The molecule has 27 heavy (non-hydrogen) atoms. The van der Waals surface area contributed by atoms with Crippen LogP contribution in [0.15, 0.2) is 18.2 Å². The van der Waals surface area contributed by atoms with Gasteiger partial charge in [0.25, 0.3) is 0 Å². The van der Waals surface area contributed by atoms with Crippen LogP contribution >= 0.6 is 0 Å². The molecular formula is C21H32N2O4. The summed E-state index contributed by atoms with van der Waals surface area (Å²) in [5, 5.41) is 19.8. The molecule has 3 rings (SSSR count). The molecule has 2 N–H and O–H groups in total. The van der Waals surface area contributed by atoms with Crippen molar-refractivity contribution in [2.24, 2.45) is 5.41 Å². The second kappa shape index (κ2) is 8.59. The van der Waals surface area contributed by atoms with Crippen LogP contribution in [0.3, 0.4) is 0 Å². The number of ether oxygens (including phenoxy) is 1. The fraction of sp³-hybridized carbons (Fsp3) is 0.667. The van der Waals surface area contributed by atoms with Crippen LogP contribution in [0.1, 0.15) is 44.2 Å². The van der Waals surface area contributed by atoms with E-state index in [4.69, 9.17) is 4.74 Å². The first-order chi connectivity index (χ1) is 12.9. The number of carbonyl (C=O) groups is 1. The Morgan fingerprint density at radius 1 is 1.33 bits per heavy atom. The third-order valence-electron chi connectivity index (χ3n) is 5.99. The Hall–Kier alpha value is -1.63. The number of carbonyl (C=O) groups excluding carboxylic acids is 1. The monoisotopic (exact) mass is 376 g/mol. The quantitative estimate of drug-likeness (QED) is 0.819. The molecule has 1 aromatic rings. The third-order valence-corrected chi connectivity index (χ3v) is 5.99. The summed E-state index contributed by atoms with van der Waals surface area (Å²) in [5.41, 5.74) is 2.05. The fourth-order valence-electron chi connectivity index (χ4n) is 4.55. The van der Waals surface area contributed by atoms with E-state index < -0.39 is 6.10 Å². The molecule has 150 valence electrons. The van der Waals surface area contributed by atoms with Crippen molar-refractivity contribution in [3.63, 3.8) is 0 Å². The number of hydrogen-bond donors (Lipinski definition) is 2. The van der Waals surface area contributed by atoms with Crippen molar-refractivity contribution >= 4 is 5.91 Å². The van der Waals surface area contributed by atoms with Gasteiger partial charge < -0.3 is 19.8 Å². The number of rotatable bonds is 5. The van der Waals surface area contributed by atoms with Gasteiger partial charge in [-0.2, -0.15) is 0 Å². The van der Waals surface area contributed by atoms with Crippen molar-refractivity contribution in [2.45, 2.75) is 52.4 Å². The van der Waals surface area contributed by atoms with Gasteiger partial charge in [0.15, 0.2) is 0 Å². The summed E-state index contributed by atoms with van der Waals surface area (Å²) in [6, 6.07) is 6.03. The summed E-state index contributed by atoms with van der Waals surface area (Å²) in [6.45, 7) is 8.09. The molecule has 6 heteroatoms. The summed E-state index contributed by atoms with van der Waals surface area (Å²) in [6.07, 6.45) is 2.38. The highest BCUT2D eigenvalue weighted by molar-refractivity contribution is 5.73. The molecule has 2 heterocycles. The van der Waals surface area contributed by atoms with E-state index >= 15 is 0 Å². The Kier molecular flexibility index (Phi) is 6.40. The minimum absolute atomic E-state index is 0.0228. The lowest BCUT2D eigenvalue weighted by atomic mass is 9.71. The zero-order valence-corrected chi connectivity index (χ0v) is 16.5. The van der Waals surface area contributed by atoms with Crippen molar-refractivity contribution in [1.29, 1.82) is 0 Å². The molecule has 2 aliphatic heterocycles. The Bertz CT molecular complexity index is 656. The number of benzene rings is 1. The van der Waals surface area contributed by atoms with Gasteiger partial charge >= 0.3 is 0 Å². The fourth-order valence-corrected chi connectivity index (χ4v) is 4.55. The highest BCUT2D eigenvalue weighted by atomic mass is 16.5. The minimum atomic E-state index is -0.410. The van der Waals surface area contributed by atoms with Crippen molar-refractivity contribution in [3.8, 4) is 5.75 Å². The van der Waals surface area contributed by atoms with Crippen molar-refractivity contribution in [2.75, 3.05) is 32.8 Å². The van der Waals surface area contributed by atoms with E-state index in [9.17, 15) is 15.0 Å². The van der Waals surface area contributed by atoms with Gasteiger partial charge in [0.1, 0.15) is 5.75 Å². The molecule has 6 nitrogen and oxygen atoms in total. The highest BCUT2D eigenvalue weighted by Crippen LogP contribution is 2.40. The Labute approximate surface area is 161 Å². The smallest absolute Gasteiger partial charge is 0.219 e. The van der Waals surface area contributed by atoms with E-state index in [2.05, 4.69) is 11.0 Å². The van der Waals surface area contributed by atoms with Crippen LogP contribution in [0.4, 0.5) is 0 Å². The lowest BCUT2D eigenvalue weighted by Gasteiger charge is -2.49. The average Bonchev–Trinajstić information content (AvgIpc) is 2.64. The van der Waals surface area contributed by atoms with Crippen LogP contribution in [-0.2, 0) is 17.9 Å². The molecule has 1 spiro atoms. The van der Waals surface area contributed by atoms with Crippen molar-refractivity contribution in [3.05, 3.63) is 29.3 Å². The van der Waals surface area contributed by atoms with Crippen LogP contribution < -0.4 is 4.74 Å². The van der Waals surface area contributed by atoms with Gasteiger partial charge in [-0.3, -0.25) is 9.69 Å². The zero-order chi connectivity index (χ0) is 19.4. The first-order valence-corrected chi connectivity index (χ1v) is 9.96. The molecule has 0 aromatic heterocycles. The largest absolute Gasteiger partial charge is 0.494 e. The number of likely N-dealkylation sites (tertiary alicyclic amines) is 2. The average molecular weight is 376 g/mol. The van der Waals surface area contributed by atoms with E-state index in [1.807, 2.05) is 24.0 Å². The number of β-amino-alcohol motifs (C(OH)–C–C–N with tert-alkyl or cyclic N) is 1. The summed E-state index contributed by atoms with van der Waals surface area (Å²) < 4.78 is 5.56. The normalized spacial score (nSPS) is 22.8. The summed E-state index contributed by atoms with van der Waals surface area (Å²) in [5.74, 6) is 0.809. The Morgan fingerprint density at radius 3 is 2.70 bits per heavy atom. The topological polar surface area (TPSA) is 73.2 Å². The van der Waals surface area contributed by atoms with E-state index in [1.54, 1.807) is 6.92 Å². The second-order valence-corrected chi connectivity index (χ2v) is 8.07. The van der Waals surface area contributed by atoms with Gasteiger partial charge in [-0.25, -0.2) is 0 Å². The number of hydrogen-bond acceptors (Lipinski definition) is 5. The predicted octanol–water partition coefficient (Wildman–Crippen LogP) is 1.77. The zero-order valence-electron chi connectivity index (χ0n) is 16.5. The second-order valence-electron chi connectivity index (χ2n) is 8.07. The van der Waals surface area contributed by atoms with E-state index in [1.165, 1.54) is 5.56 Å². The molecule has 2 aliphatic rings. The maximum atomic E-state index is 11.8. The maximum Gasteiger partial charge on any atom is 0.219 e. The lowest BCUT2D eigenvalue weighted by Crippen LogP contribution is -2.54. The molecule has 1 unspecified atom stereocenters. The van der Waals surface area contributed by atoms with Gasteiger partial charge in [0.05, 0.1) is 19.3 Å². The summed E-state index contributed by atoms with van der Waals surface area (Å²) in [4.78, 5) is 16.0. The van der Waals surface area contributed by atoms with Crippen LogP contribution in [0.25, 0.3) is 0 Å². The van der Waals surface area contributed by atoms with Gasteiger partial charge in [-0.15, -0.1) is 0 Å². The molecular weight excluding hydrogens is 344 g/mol. The molecule has 0 bridgehead atoms. The number of nitrogens with zero attached hydrogens (tertiary/aromatic N) is 2. The minimum Gasteiger partial charge on any atom is -0.494 e. The number of aliphatic hydroxyl groups excluding tert-OH is 2. The molecule has 0 aliphatic carbocycles. The summed E-state index contributed by atoms with van der Waals surface area (Å²) in [7, 11) is 0. The Balaban J connectivity index is 1.60. The third kappa shape index (κ3) is 4.81. The van der Waals surface area contributed by atoms with Crippen LogP contribution in [-0.4, -0.2) is 64.8 Å². The molecule has 0 radical (unpaired) electrons.